The topological polar surface area (TPSA) is 202 Å². The molecule has 12 heteroatoms. The van der Waals surface area contributed by atoms with Gasteiger partial charge >= 0.3 is 5.97 Å². The van der Waals surface area contributed by atoms with Gasteiger partial charge in [-0.15, -0.1) is 0 Å². The van der Waals surface area contributed by atoms with Gasteiger partial charge in [0.05, 0.1) is 12.1 Å². The van der Waals surface area contributed by atoms with E-state index in [1.54, 1.807) is 26.2 Å². The van der Waals surface area contributed by atoms with E-state index < -0.39 is 59.9 Å². The van der Waals surface area contributed by atoms with Crippen LogP contribution in [0, 0.1) is 5.92 Å². The second kappa shape index (κ2) is 13.5. The Morgan fingerprint density at radius 3 is 1.77 bits per heavy atom. The average molecular weight is 591 g/mol. The standard InChI is InChI=1S/C31H38N6O6/c1-16(2)26(31(42)43)36-30(41)27(17(3)38)37-29(40)25(13-19-15-34-24-11-7-5-9-21(19)24)35-28(39)22(32)12-18-14-33-23-10-6-4-8-20(18)23/h4-11,14-17,22,25-27,33-34,38H,12-13,32H2,1-3H3,(H,35,39)(H,36,41)(H,37,40)(H,42,43). The number of aromatic nitrogens is 2. The molecule has 2 aromatic carbocycles. The number of carboxylic acids is 1. The zero-order chi connectivity index (χ0) is 31.3. The van der Waals surface area contributed by atoms with E-state index in [4.69, 9.17) is 5.73 Å². The van der Waals surface area contributed by atoms with E-state index in [1.165, 1.54) is 6.92 Å². The molecule has 2 heterocycles. The minimum Gasteiger partial charge on any atom is -0.480 e. The number of hydrogen-bond donors (Lipinski definition) is 8. The summed E-state index contributed by atoms with van der Waals surface area (Å²) in [5.41, 5.74) is 9.64. The monoisotopic (exact) mass is 590 g/mol. The maximum atomic E-state index is 13.6. The molecule has 2 aromatic heterocycles. The van der Waals surface area contributed by atoms with Gasteiger partial charge < -0.3 is 41.9 Å². The van der Waals surface area contributed by atoms with Crippen molar-refractivity contribution < 1.29 is 29.4 Å². The number of aliphatic hydroxyl groups is 1. The van der Waals surface area contributed by atoms with Crippen LogP contribution in [-0.4, -0.2) is 74.1 Å². The lowest BCUT2D eigenvalue weighted by molar-refractivity contribution is -0.144. The second-order valence-electron chi connectivity index (χ2n) is 11.1. The number of H-pyrrole nitrogens is 2. The predicted octanol–water partition coefficient (Wildman–Crippen LogP) is 1.34. The van der Waals surface area contributed by atoms with Crippen molar-refractivity contribution in [2.24, 2.45) is 11.7 Å². The maximum Gasteiger partial charge on any atom is 0.326 e. The van der Waals surface area contributed by atoms with Gasteiger partial charge in [-0.25, -0.2) is 4.79 Å². The Balaban J connectivity index is 1.55. The molecule has 43 heavy (non-hydrogen) atoms. The number of carboxylic acid groups (broad SMARTS) is 1. The molecule has 9 N–H and O–H groups in total. The van der Waals surface area contributed by atoms with E-state index in [9.17, 15) is 29.4 Å². The maximum absolute atomic E-state index is 13.6. The Kier molecular flexibility index (Phi) is 9.84. The minimum absolute atomic E-state index is 0.0548. The lowest BCUT2D eigenvalue weighted by atomic mass is 10.0. The van der Waals surface area contributed by atoms with Gasteiger partial charge in [0.2, 0.25) is 17.7 Å². The summed E-state index contributed by atoms with van der Waals surface area (Å²) in [5, 5.41) is 29.3. The van der Waals surface area contributed by atoms with Crippen molar-refractivity contribution in [3.63, 3.8) is 0 Å². The molecule has 3 amide bonds. The molecule has 12 nitrogen and oxygen atoms in total. The number of aromatic amines is 2. The Hall–Kier alpha value is -4.68. The van der Waals surface area contributed by atoms with Crippen molar-refractivity contribution in [1.29, 1.82) is 0 Å². The minimum atomic E-state index is -1.48. The van der Waals surface area contributed by atoms with Crippen molar-refractivity contribution in [2.75, 3.05) is 0 Å². The number of aliphatic carboxylic acids is 1. The van der Waals surface area contributed by atoms with Crippen molar-refractivity contribution >= 4 is 45.5 Å². The summed E-state index contributed by atoms with van der Waals surface area (Å²) in [7, 11) is 0. The SMILES string of the molecule is CC(C)C(NC(=O)C(NC(=O)C(Cc1c[nH]c2ccccc12)NC(=O)C(N)Cc1c[nH]c2ccccc12)C(C)O)C(=O)O. The number of amides is 3. The molecule has 228 valence electrons. The average Bonchev–Trinajstić information content (AvgIpc) is 3.57. The third kappa shape index (κ3) is 7.40. The quantitative estimate of drug-likeness (QED) is 0.115. The van der Waals surface area contributed by atoms with Crippen LogP contribution in [0.15, 0.2) is 60.9 Å². The van der Waals surface area contributed by atoms with Crippen LogP contribution in [0.2, 0.25) is 0 Å². The molecule has 0 aliphatic rings. The van der Waals surface area contributed by atoms with Crippen molar-refractivity contribution in [1.82, 2.24) is 25.9 Å². The summed E-state index contributed by atoms with van der Waals surface area (Å²) < 4.78 is 0. The third-order valence-corrected chi connectivity index (χ3v) is 7.48. The summed E-state index contributed by atoms with van der Waals surface area (Å²) in [6, 6.07) is 10.2. The van der Waals surface area contributed by atoms with Gasteiger partial charge in [-0.2, -0.15) is 0 Å². The van der Waals surface area contributed by atoms with Crippen LogP contribution in [0.25, 0.3) is 21.8 Å². The Bertz CT molecular complexity index is 1610. The lowest BCUT2D eigenvalue weighted by Crippen LogP contribution is -2.60. The third-order valence-electron chi connectivity index (χ3n) is 7.48. The fourth-order valence-electron chi connectivity index (χ4n) is 5.05. The molecule has 0 fully saturated rings. The van der Waals surface area contributed by atoms with Gasteiger partial charge in [0.25, 0.3) is 0 Å². The largest absolute Gasteiger partial charge is 0.480 e. The zero-order valence-corrected chi connectivity index (χ0v) is 24.3. The summed E-state index contributed by atoms with van der Waals surface area (Å²) in [4.78, 5) is 57.9. The van der Waals surface area contributed by atoms with Crippen LogP contribution >= 0.6 is 0 Å². The highest BCUT2D eigenvalue weighted by atomic mass is 16.4. The Morgan fingerprint density at radius 2 is 1.26 bits per heavy atom. The first-order valence-electron chi connectivity index (χ1n) is 14.1. The zero-order valence-electron chi connectivity index (χ0n) is 24.3. The molecule has 5 unspecified atom stereocenters. The summed E-state index contributed by atoms with van der Waals surface area (Å²) in [6.07, 6.45) is 2.43. The smallest absolute Gasteiger partial charge is 0.326 e. The highest BCUT2D eigenvalue weighted by molar-refractivity contribution is 5.95. The molecule has 0 radical (unpaired) electrons. The lowest BCUT2D eigenvalue weighted by Gasteiger charge is -2.27. The van der Waals surface area contributed by atoms with Crippen LogP contribution < -0.4 is 21.7 Å². The first kappa shape index (κ1) is 31.3. The van der Waals surface area contributed by atoms with Crippen LogP contribution in [-0.2, 0) is 32.0 Å². The number of aliphatic hydroxyl groups excluding tert-OH is 1. The fourth-order valence-corrected chi connectivity index (χ4v) is 5.05. The molecular formula is C31H38N6O6. The number of nitrogens with one attached hydrogen (secondary N) is 5. The van der Waals surface area contributed by atoms with Crippen molar-refractivity contribution in [3.05, 3.63) is 72.1 Å². The van der Waals surface area contributed by atoms with Crippen molar-refractivity contribution in [2.45, 2.75) is 63.9 Å². The van der Waals surface area contributed by atoms with Gasteiger partial charge in [0.15, 0.2) is 0 Å². The van der Waals surface area contributed by atoms with Crippen LogP contribution in [0.4, 0.5) is 0 Å². The summed E-state index contributed by atoms with van der Waals surface area (Å²) in [6.45, 7) is 4.56. The first-order valence-corrected chi connectivity index (χ1v) is 14.1. The first-order chi connectivity index (χ1) is 20.5. The van der Waals surface area contributed by atoms with E-state index in [-0.39, 0.29) is 12.8 Å². The van der Waals surface area contributed by atoms with Crippen LogP contribution in [0.3, 0.4) is 0 Å². The fraction of sp³-hybridized carbons (Fsp3) is 0.355. The van der Waals surface area contributed by atoms with Gasteiger partial charge in [0.1, 0.15) is 18.1 Å². The normalized spacial score (nSPS) is 15.0. The highest BCUT2D eigenvalue weighted by Gasteiger charge is 2.34. The van der Waals surface area contributed by atoms with Gasteiger partial charge in [-0.05, 0) is 42.5 Å². The predicted molar refractivity (Wildman–Crippen MR) is 162 cm³/mol. The second-order valence-corrected chi connectivity index (χ2v) is 11.1. The van der Waals surface area contributed by atoms with E-state index in [0.29, 0.717) is 0 Å². The number of nitrogens with two attached hydrogens (primary N) is 1. The Labute approximate surface area is 248 Å². The molecule has 0 saturated carbocycles. The number of benzene rings is 2. The van der Waals surface area contributed by atoms with E-state index >= 15 is 0 Å². The molecule has 5 atom stereocenters. The number of carbonyl (C=O) groups excluding carboxylic acids is 3. The number of carbonyl (C=O) groups is 4. The molecule has 0 bridgehead atoms. The van der Waals surface area contributed by atoms with E-state index in [1.807, 2.05) is 48.5 Å². The van der Waals surface area contributed by atoms with Crippen LogP contribution in [0.5, 0.6) is 0 Å². The molecule has 0 spiro atoms. The number of hydrogen-bond acceptors (Lipinski definition) is 6. The summed E-state index contributed by atoms with van der Waals surface area (Å²) >= 11 is 0. The van der Waals surface area contributed by atoms with Gasteiger partial charge in [-0.3, -0.25) is 14.4 Å². The van der Waals surface area contributed by atoms with E-state index in [0.717, 1.165) is 32.9 Å². The molecule has 0 aliphatic heterocycles. The highest BCUT2D eigenvalue weighted by Crippen LogP contribution is 2.21. The van der Waals surface area contributed by atoms with Gasteiger partial charge in [0, 0.05) is 40.6 Å². The van der Waals surface area contributed by atoms with E-state index in [2.05, 4.69) is 25.9 Å². The van der Waals surface area contributed by atoms with Crippen molar-refractivity contribution in [3.8, 4) is 0 Å². The molecule has 0 saturated heterocycles. The molecule has 4 rings (SSSR count). The molecule has 4 aromatic rings. The Morgan fingerprint density at radius 1 is 0.744 bits per heavy atom. The van der Waals surface area contributed by atoms with Gasteiger partial charge in [-0.1, -0.05) is 50.2 Å². The summed E-state index contributed by atoms with van der Waals surface area (Å²) in [5.74, 6) is -3.87. The molecule has 0 aliphatic carbocycles. The number of para-hydroxylation sites is 2. The van der Waals surface area contributed by atoms with Crippen LogP contribution in [0.1, 0.15) is 31.9 Å². The number of rotatable bonds is 13. The number of fused-ring (bicyclic) bond motifs is 2. The molecular weight excluding hydrogens is 552 g/mol.